The number of esters is 1. The quantitative estimate of drug-likeness (QED) is 0.855. The number of aryl methyl sites for hydroxylation is 2. The summed E-state index contributed by atoms with van der Waals surface area (Å²) in [6, 6.07) is 2.02. The van der Waals surface area contributed by atoms with E-state index >= 15 is 0 Å². The van der Waals surface area contributed by atoms with Crippen LogP contribution in [0.5, 0.6) is 0 Å². The molecule has 4 nitrogen and oxygen atoms in total. The first-order chi connectivity index (χ1) is 11.1. The summed E-state index contributed by atoms with van der Waals surface area (Å²) in [5, 5.41) is 3.04. The molecule has 1 amide bonds. The largest absolute Gasteiger partial charge is 0.464 e. The van der Waals surface area contributed by atoms with Crippen molar-refractivity contribution in [3.8, 4) is 0 Å². The maximum atomic E-state index is 12.7. The predicted octanol–water partition coefficient (Wildman–Crippen LogP) is 3.62. The van der Waals surface area contributed by atoms with Crippen LogP contribution >= 0.6 is 11.3 Å². The van der Waals surface area contributed by atoms with E-state index in [1.807, 2.05) is 13.0 Å². The lowest BCUT2D eigenvalue weighted by molar-refractivity contribution is -0.152. The van der Waals surface area contributed by atoms with Crippen LogP contribution in [0.1, 0.15) is 72.0 Å². The summed E-state index contributed by atoms with van der Waals surface area (Å²) < 4.78 is 5.25. The molecule has 0 saturated heterocycles. The van der Waals surface area contributed by atoms with Gasteiger partial charge in [0.05, 0.1) is 11.5 Å². The molecule has 1 saturated carbocycles. The predicted molar refractivity (Wildman–Crippen MR) is 90.9 cm³/mol. The van der Waals surface area contributed by atoms with Gasteiger partial charge in [-0.1, -0.05) is 19.3 Å². The fraction of sp³-hybridized carbons (Fsp3) is 0.667. The van der Waals surface area contributed by atoms with Gasteiger partial charge in [0.25, 0.3) is 5.91 Å². The van der Waals surface area contributed by atoms with Gasteiger partial charge in [-0.15, -0.1) is 11.3 Å². The molecule has 0 atom stereocenters. The molecule has 1 N–H and O–H groups in total. The van der Waals surface area contributed by atoms with Crippen molar-refractivity contribution in [1.82, 2.24) is 5.32 Å². The van der Waals surface area contributed by atoms with Gasteiger partial charge in [0.15, 0.2) is 0 Å². The second-order valence-corrected chi connectivity index (χ2v) is 7.72. The van der Waals surface area contributed by atoms with E-state index in [0.717, 1.165) is 37.0 Å². The monoisotopic (exact) mass is 335 g/mol. The van der Waals surface area contributed by atoms with Crippen LogP contribution in [0.25, 0.3) is 0 Å². The Labute approximate surface area is 141 Å². The first-order valence-electron chi connectivity index (χ1n) is 8.76. The van der Waals surface area contributed by atoms with E-state index in [0.29, 0.717) is 19.4 Å². The van der Waals surface area contributed by atoms with Crippen LogP contribution in [0.3, 0.4) is 0 Å². The minimum absolute atomic E-state index is 0.112. The molecule has 1 aromatic rings. The van der Waals surface area contributed by atoms with E-state index in [1.165, 1.54) is 23.3 Å². The molecule has 0 radical (unpaired) electrons. The molecular formula is C18H25NO3S. The second-order valence-electron chi connectivity index (χ2n) is 6.58. The molecule has 2 aliphatic carbocycles. The van der Waals surface area contributed by atoms with Crippen LogP contribution in [0.2, 0.25) is 0 Å². The zero-order valence-electron chi connectivity index (χ0n) is 13.8. The van der Waals surface area contributed by atoms with Gasteiger partial charge in [-0.3, -0.25) is 4.79 Å². The summed E-state index contributed by atoms with van der Waals surface area (Å²) >= 11 is 1.59. The molecule has 126 valence electrons. The van der Waals surface area contributed by atoms with Crippen molar-refractivity contribution in [1.29, 1.82) is 0 Å². The zero-order chi connectivity index (χ0) is 16.3. The normalized spacial score (nSPS) is 19.7. The summed E-state index contributed by atoms with van der Waals surface area (Å²) in [5.41, 5.74) is 0.496. The Balaban J connectivity index is 1.77. The molecule has 0 bridgehead atoms. The third kappa shape index (κ3) is 3.44. The molecule has 1 fully saturated rings. The zero-order valence-corrected chi connectivity index (χ0v) is 14.6. The number of carbonyl (C=O) groups excluding carboxylic acids is 2. The molecule has 0 spiro atoms. The Hall–Kier alpha value is -1.36. The van der Waals surface area contributed by atoms with Gasteiger partial charge in [-0.05, 0) is 57.1 Å². The van der Waals surface area contributed by atoms with E-state index in [4.69, 9.17) is 4.74 Å². The van der Waals surface area contributed by atoms with E-state index < -0.39 is 5.54 Å². The Morgan fingerprint density at radius 3 is 2.61 bits per heavy atom. The number of amides is 1. The van der Waals surface area contributed by atoms with Crippen molar-refractivity contribution in [2.75, 3.05) is 6.61 Å². The third-order valence-electron chi connectivity index (χ3n) is 4.95. The fourth-order valence-corrected chi connectivity index (χ4v) is 4.84. The highest BCUT2D eigenvalue weighted by molar-refractivity contribution is 7.14. The van der Waals surface area contributed by atoms with E-state index in [9.17, 15) is 9.59 Å². The molecule has 0 unspecified atom stereocenters. The highest BCUT2D eigenvalue weighted by Gasteiger charge is 2.42. The van der Waals surface area contributed by atoms with Crippen LogP contribution in [0, 0.1) is 0 Å². The first kappa shape index (κ1) is 16.5. The molecule has 1 heterocycles. The van der Waals surface area contributed by atoms with Gasteiger partial charge in [0.2, 0.25) is 0 Å². The third-order valence-corrected chi connectivity index (χ3v) is 6.18. The Kier molecular flexibility index (Phi) is 5.05. The average Bonchev–Trinajstić information content (AvgIpc) is 3.00. The lowest BCUT2D eigenvalue weighted by Gasteiger charge is -2.35. The molecule has 0 aromatic carbocycles. The van der Waals surface area contributed by atoms with Crippen LogP contribution in [-0.2, 0) is 22.4 Å². The van der Waals surface area contributed by atoms with Gasteiger partial charge in [-0.2, -0.15) is 0 Å². The van der Waals surface area contributed by atoms with E-state index in [1.54, 1.807) is 11.3 Å². The first-order valence-corrected chi connectivity index (χ1v) is 9.57. The lowest BCUT2D eigenvalue weighted by Crippen LogP contribution is -2.56. The summed E-state index contributed by atoms with van der Waals surface area (Å²) in [6.45, 7) is 2.16. The molecule has 3 rings (SSSR count). The average molecular weight is 335 g/mol. The summed E-state index contributed by atoms with van der Waals surface area (Å²) in [5.74, 6) is -0.381. The highest BCUT2D eigenvalue weighted by atomic mass is 32.1. The molecule has 2 aliphatic rings. The lowest BCUT2D eigenvalue weighted by atomic mass is 9.81. The Bertz CT molecular complexity index is 564. The van der Waals surface area contributed by atoms with Gasteiger partial charge >= 0.3 is 5.97 Å². The van der Waals surface area contributed by atoms with Crippen molar-refractivity contribution >= 4 is 23.2 Å². The van der Waals surface area contributed by atoms with Crippen molar-refractivity contribution in [2.24, 2.45) is 0 Å². The minimum Gasteiger partial charge on any atom is -0.464 e. The van der Waals surface area contributed by atoms with Crippen molar-refractivity contribution in [3.63, 3.8) is 0 Å². The second kappa shape index (κ2) is 7.04. The SMILES string of the molecule is CCOC(=O)C1(NC(=O)c2cc3c(s2)CCCC3)CCCCC1. The Morgan fingerprint density at radius 2 is 1.91 bits per heavy atom. The van der Waals surface area contributed by atoms with Crippen LogP contribution in [-0.4, -0.2) is 24.0 Å². The maximum absolute atomic E-state index is 12.7. The molecule has 23 heavy (non-hydrogen) atoms. The van der Waals surface area contributed by atoms with Crippen molar-refractivity contribution in [2.45, 2.75) is 70.3 Å². The number of hydrogen-bond acceptors (Lipinski definition) is 4. The summed E-state index contributed by atoms with van der Waals surface area (Å²) in [4.78, 5) is 27.3. The number of carbonyl (C=O) groups is 2. The molecule has 0 aliphatic heterocycles. The van der Waals surface area contributed by atoms with Crippen molar-refractivity contribution < 1.29 is 14.3 Å². The number of hydrogen-bond donors (Lipinski definition) is 1. The highest BCUT2D eigenvalue weighted by Crippen LogP contribution is 2.32. The van der Waals surface area contributed by atoms with Gasteiger partial charge in [-0.25, -0.2) is 4.79 Å². The standard InChI is InChI=1S/C18H25NO3S/c1-2-22-17(21)18(10-6-3-7-11-18)19-16(20)15-12-13-8-4-5-9-14(13)23-15/h12H,2-11H2,1H3,(H,19,20). The van der Waals surface area contributed by atoms with Crippen LogP contribution < -0.4 is 5.32 Å². The number of nitrogens with one attached hydrogen (secondary N) is 1. The van der Waals surface area contributed by atoms with Crippen molar-refractivity contribution in [3.05, 3.63) is 21.4 Å². The maximum Gasteiger partial charge on any atom is 0.331 e. The number of fused-ring (bicyclic) bond motifs is 1. The number of thiophene rings is 1. The molecular weight excluding hydrogens is 310 g/mol. The number of ether oxygens (including phenoxy) is 1. The summed E-state index contributed by atoms with van der Waals surface area (Å²) in [6.07, 6.45) is 8.97. The Morgan fingerprint density at radius 1 is 1.17 bits per heavy atom. The summed E-state index contributed by atoms with van der Waals surface area (Å²) in [7, 11) is 0. The molecule has 5 heteroatoms. The van der Waals surface area contributed by atoms with Gasteiger partial charge < -0.3 is 10.1 Å². The van der Waals surface area contributed by atoms with Gasteiger partial charge in [0, 0.05) is 4.88 Å². The minimum atomic E-state index is -0.824. The van der Waals surface area contributed by atoms with E-state index in [-0.39, 0.29) is 11.9 Å². The fourth-order valence-electron chi connectivity index (χ4n) is 3.69. The van der Waals surface area contributed by atoms with E-state index in [2.05, 4.69) is 5.32 Å². The molecule has 1 aromatic heterocycles. The number of rotatable bonds is 4. The van der Waals surface area contributed by atoms with Crippen LogP contribution in [0.4, 0.5) is 0 Å². The van der Waals surface area contributed by atoms with Crippen LogP contribution in [0.15, 0.2) is 6.07 Å². The topological polar surface area (TPSA) is 55.4 Å². The van der Waals surface area contributed by atoms with Gasteiger partial charge in [0.1, 0.15) is 5.54 Å². The smallest absolute Gasteiger partial charge is 0.331 e.